The van der Waals surface area contributed by atoms with Gasteiger partial charge in [0.15, 0.2) is 26.3 Å². The van der Waals surface area contributed by atoms with Crippen molar-refractivity contribution in [3.05, 3.63) is 184 Å². The van der Waals surface area contributed by atoms with E-state index in [1.54, 1.807) is 36.4 Å². The van der Waals surface area contributed by atoms with Crippen molar-refractivity contribution in [2.45, 2.75) is 90.7 Å². The van der Waals surface area contributed by atoms with E-state index < -0.39 is 26.1 Å². The van der Waals surface area contributed by atoms with Crippen LogP contribution in [0.2, 0.25) is 0 Å². The molecule has 0 fully saturated rings. The predicted molar refractivity (Wildman–Crippen MR) is 220 cm³/mol. The van der Waals surface area contributed by atoms with Crippen LogP contribution in [0.4, 0.5) is 0 Å². The van der Waals surface area contributed by atoms with Crippen molar-refractivity contribution in [3.8, 4) is 0 Å². The average molecular weight is 752 g/mol. The molecule has 274 valence electrons. The van der Waals surface area contributed by atoms with Gasteiger partial charge >= 0.3 is 0 Å². The Morgan fingerprint density at radius 2 is 0.981 bits per heavy atom. The van der Waals surface area contributed by atoms with Gasteiger partial charge in [-0.3, -0.25) is 9.59 Å². The van der Waals surface area contributed by atoms with Crippen molar-refractivity contribution in [1.82, 2.24) is 0 Å². The molecule has 0 heterocycles. The van der Waals surface area contributed by atoms with Gasteiger partial charge in [-0.1, -0.05) is 114 Å². The van der Waals surface area contributed by atoms with Crippen LogP contribution in [-0.2, 0) is 31.6 Å². The lowest BCUT2D eigenvalue weighted by molar-refractivity contribution is 0.103. The first-order valence-electron chi connectivity index (χ1n) is 18.1. The SMILES string of the molecule is Cc1ccc(C(C)(C)C)cc1[S+](c1ccc(C(=O)c2ccccc2)cc1)c1cc(C)c(S(=O)(=O)c2ccc(C(=O)c3ccccc3)cc2)cc1C(C)(C)C. The number of benzene rings is 6. The Bertz CT molecular complexity index is 2440. The summed E-state index contributed by atoms with van der Waals surface area (Å²) >= 11 is 0. The van der Waals surface area contributed by atoms with Crippen LogP contribution >= 0.6 is 0 Å². The van der Waals surface area contributed by atoms with Gasteiger partial charge in [0.2, 0.25) is 9.84 Å². The summed E-state index contributed by atoms with van der Waals surface area (Å²) < 4.78 is 28.8. The molecule has 0 spiro atoms. The number of carbonyl (C=O) groups excluding carboxylic acids is 2. The monoisotopic (exact) mass is 751 g/mol. The Labute approximate surface area is 323 Å². The molecule has 0 radical (unpaired) electrons. The number of sulfone groups is 1. The Hall–Kier alpha value is -5.04. The van der Waals surface area contributed by atoms with Gasteiger partial charge in [-0.05, 0) is 103 Å². The molecule has 0 saturated carbocycles. The third-order valence-corrected chi connectivity index (χ3v) is 14.0. The van der Waals surface area contributed by atoms with Crippen LogP contribution in [0.5, 0.6) is 0 Å². The number of ketones is 2. The molecule has 6 rings (SSSR count). The molecule has 0 saturated heterocycles. The van der Waals surface area contributed by atoms with Crippen molar-refractivity contribution in [1.29, 1.82) is 0 Å². The van der Waals surface area contributed by atoms with Crippen LogP contribution in [0, 0.1) is 13.8 Å². The summed E-state index contributed by atoms with van der Waals surface area (Å²) in [7, 11) is -4.61. The Morgan fingerprint density at radius 1 is 0.500 bits per heavy atom. The molecular formula is C48H47O4S2+. The highest BCUT2D eigenvalue weighted by Crippen LogP contribution is 2.43. The standard InChI is InChI=1S/C48H47O4S2/c1-32-19-24-38(47(3,4)5)30-42(32)53(39-25-20-36(21-26-39)45(49)34-15-11-9-12-16-34)43-29-33(2)44(31-41(43)48(6,7)8)54(51,52)40-27-22-37(23-28-40)46(50)35-17-13-10-14-18-35/h9-31H,1-8H3/q+1. The lowest BCUT2D eigenvalue weighted by Crippen LogP contribution is -2.21. The Balaban J connectivity index is 1.50. The predicted octanol–water partition coefficient (Wildman–Crippen LogP) is 11.3. The van der Waals surface area contributed by atoms with Gasteiger partial charge in [0.1, 0.15) is 0 Å². The molecule has 6 aromatic carbocycles. The second-order valence-electron chi connectivity index (χ2n) is 15.8. The maximum Gasteiger partial charge on any atom is 0.206 e. The van der Waals surface area contributed by atoms with E-state index in [0.717, 1.165) is 25.8 Å². The maximum absolute atomic E-state index is 14.4. The largest absolute Gasteiger partial charge is 0.289 e. The van der Waals surface area contributed by atoms with Crippen LogP contribution in [0.3, 0.4) is 0 Å². The first kappa shape index (κ1) is 38.7. The molecule has 0 amide bonds. The summed E-state index contributed by atoms with van der Waals surface area (Å²) in [5.74, 6) is -0.198. The fourth-order valence-corrected chi connectivity index (χ4v) is 10.7. The summed E-state index contributed by atoms with van der Waals surface area (Å²) in [6, 6.07) is 43.0. The van der Waals surface area contributed by atoms with E-state index in [1.165, 1.54) is 17.7 Å². The summed E-state index contributed by atoms with van der Waals surface area (Å²) in [5.41, 5.74) is 5.61. The third kappa shape index (κ3) is 7.91. The summed E-state index contributed by atoms with van der Waals surface area (Å²) in [5, 5.41) is 0. The number of hydrogen-bond acceptors (Lipinski definition) is 4. The Kier molecular flexibility index (Phi) is 10.7. The molecule has 0 bridgehead atoms. The summed E-state index contributed by atoms with van der Waals surface area (Å²) in [6.45, 7) is 16.9. The van der Waals surface area contributed by atoms with Gasteiger partial charge < -0.3 is 0 Å². The average Bonchev–Trinajstić information content (AvgIpc) is 3.15. The number of carbonyl (C=O) groups is 2. The molecule has 0 aliphatic rings. The summed E-state index contributed by atoms with van der Waals surface area (Å²) in [6.07, 6.45) is 0. The molecule has 4 nitrogen and oxygen atoms in total. The quantitative estimate of drug-likeness (QED) is 0.109. The highest BCUT2D eigenvalue weighted by atomic mass is 32.2. The topological polar surface area (TPSA) is 68.3 Å². The maximum atomic E-state index is 14.4. The van der Waals surface area contributed by atoms with Crippen LogP contribution in [0.1, 0.15) is 95.6 Å². The second-order valence-corrected chi connectivity index (χ2v) is 19.7. The minimum Gasteiger partial charge on any atom is -0.289 e. The first-order valence-corrected chi connectivity index (χ1v) is 20.8. The fourth-order valence-electron chi connectivity index (χ4n) is 6.53. The van der Waals surface area contributed by atoms with Crippen molar-refractivity contribution >= 4 is 32.3 Å². The molecule has 1 atom stereocenters. The van der Waals surface area contributed by atoms with Gasteiger partial charge in [0.25, 0.3) is 0 Å². The van der Waals surface area contributed by atoms with Gasteiger partial charge in [-0.15, -0.1) is 0 Å². The molecule has 54 heavy (non-hydrogen) atoms. The van der Waals surface area contributed by atoms with Crippen molar-refractivity contribution in [2.75, 3.05) is 0 Å². The third-order valence-electron chi connectivity index (χ3n) is 9.72. The zero-order chi connectivity index (χ0) is 39.0. The molecule has 1 unspecified atom stereocenters. The van der Waals surface area contributed by atoms with E-state index >= 15 is 0 Å². The number of aryl methyl sites for hydroxylation is 2. The molecule has 0 aromatic heterocycles. The number of hydrogen-bond donors (Lipinski definition) is 0. The van der Waals surface area contributed by atoms with E-state index in [4.69, 9.17) is 0 Å². The minimum absolute atomic E-state index is 0.0359. The van der Waals surface area contributed by atoms with Crippen LogP contribution < -0.4 is 0 Å². The fraction of sp³-hybridized carbons (Fsp3) is 0.208. The van der Waals surface area contributed by atoms with E-state index in [9.17, 15) is 18.0 Å². The normalized spacial score (nSPS) is 12.7. The highest BCUT2D eigenvalue weighted by molar-refractivity contribution is 7.97. The van der Waals surface area contributed by atoms with Crippen molar-refractivity contribution in [3.63, 3.8) is 0 Å². The van der Waals surface area contributed by atoms with Crippen molar-refractivity contribution in [2.24, 2.45) is 0 Å². The zero-order valence-electron chi connectivity index (χ0n) is 32.2. The molecular weight excluding hydrogens is 705 g/mol. The molecule has 0 aliphatic heterocycles. The lowest BCUT2D eigenvalue weighted by atomic mass is 9.86. The number of rotatable bonds is 9. The minimum atomic E-state index is -3.95. The zero-order valence-corrected chi connectivity index (χ0v) is 33.9. The molecule has 6 aromatic rings. The molecule has 0 N–H and O–H groups in total. The van der Waals surface area contributed by atoms with E-state index in [2.05, 4.69) is 72.7 Å². The molecule has 6 heteroatoms. The van der Waals surface area contributed by atoms with E-state index in [1.807, 2.05) is 73.7 Å². The van der Waals surface area contributed by atoms with Gasteiger partial charge in [0, 0.05) is 33.4 Å². The van der Waals surface area contributed by atoms with Crippen LogP contribution in [-0.4, -0.2) is 20.0 Å². The first-order chi connectivity index (χ1) is 25.5. The summed E-state index contributed by atoms with van der Waals surface area (Å²) in [4.78, 5) is 30.1. The van der Waals surface area contributed by atoms with Gasteiger partial charge in [-0.2, -0.15) is 0 Å². The van der Waals surface area contributed by atoms with Crippen LogP contribution in [0.25, 0.3) is 0 Å². The van der Waals surface area contributed by atoms with E-state index in [0.29, 0.717) is 27.8 Å². The van der Waals surface area contributed by atoms with Crippen molar-refractivity contribution < 1.29 is 18.0 Å². The van der Waals surface area contributed by atoms with Crippen LogP contribution in [0.15, 0.2) is 164 Å². The molecule has 0 aliphatic carbocycles. The van der Waals surface area contributed by atoms with E-state index in [-0.39, 0.29) is 26.8 Å². The Morgan fingerprint density at radius 3 is 1.46 bits per heavy atom. The van der Waals surface area contributed by atoms with Gasteiger partial charge in [0.05, 0.1) is 20.7 Å². The highest BCUT2D eigenvalue weighted by Gasteiger charge is 2.39. The lowest BCUT2D eigenvalue weighted by Gasteiger charge is -2.25. The van der Waals surface area contributed by atoms with Gasteiger partial charge in [-0.25, -0.2) is 8.42 Å². The second kappa shape index (κ2) is 15.0. The smallest absolute Gasteiger partial charge is 0.206 e.